The van der Waals surface area contributed by atoms with E-state index in [0.29, 0.717) is 6.42 Å². The van der Waals surface area contributed by atoms with Crippen LogP contribution < -0.4 is 16.0 Å². The normalized spacial score (nSPS) is 19.6. The van der Waals surface area contributed by atoms with Gasteiger partial charge in [-0.15, -0.1) is 0 Å². The van der Waals surface area contributed by atoms with Gasteiger partial charge in [0.25, 0.3) is 0 Å². The van der Waals surface area contributed by atoms with Gasteiger partial charge in [0.2, 0.25) is 5.91 Å². The maximum Gasteiger partial charge on any atom is 0.238 e. The second-order valence-corrected chi connectivity index (χ2v) is 8.00. The third-order valence-electron chi connectivity index (χ3n) is 5.92. The molecule has 1 fully saturated rings. The Hall–Kier alpha value is -2.68. The number of benzene rings is 2. The number of nitrogens with zero attached hydrogens (tertiary/aromatic N) is 1. The molecular formula is C24H28N4O. The summed E-state index contributed by atoms with van der Waals surface area (Å²) in [7, 11) is 0. The Bertz CT molecular complexity index is 894. The summed E-state index contributed by atoms with van der Waals surface area (Å²) in [5, 5.41) is 19.0. The number of hydrogen-bond donors (Lipinski definition) is 3. The fourth-order valence-electron chi connectivity index (χ4n) is 4.20. The minimum absolute atomic E-state index is 0.0589. The first-order valence-electron chi connectivity index (χ1n) is 10.6. The van der Waals surface area contributed by atoms with Gasteiger partial charge in [-0.05, 0) is 60.2 Å². The van der Waals surface area contributed by atoms with E-state index in [1.165, 1.54) is 22.3 Å². The zero-order valence-electron chi connectivity index (χ0n) is 16.7. The first kappa shape index (κ1) is 19.6. The van der Waals surface area contributed by atoms with Crippen molar-refractivity contribution in [1.82, 2.24) is 16.0 Å². The molecule has 2 aromatic carbocycles. The summed E-state index contributed by atoms with van der Waals surface area (Å²) in [6.07, 6.45) is 4.60. The van der Waals surface area contributed by atoms with Gasteiger partial charge in [-0.2, -0.15) is 5.26 Å². The van der Waals surface area contributed by atoms with E-state index in [0.717, 1.165) is 50.9 Å². The highest BCUT2D eigenvalue weighted by Crippen LogP contribution is 2.25. The first-order valence-corrected chi connectivity index (χ1v) is 10.6. The lowest BCUT2D eigenvalue weighted by Crippen LogP contribution is -2.49. The zero-order chi connectivity index (χ0) is 20.1. The van der Waals surface area contributed by atoms with Crippen LogP contribution in [0.5, 0.6) is 0 Å². The van der Waals surface area contributed by atoms with Crippen LogP contribution in [0.3, 0.4) is 0 Å². The lowest BCUT2D eigenvalue weighted by molar-refractivity contribution is -0.124. The molecule has 1 saturated heterocycles. The predicted molar refractivity (Wildman–Crippen MR) is 114 cm³/mol. The minimum Gasteiger partial charge on any atom is -0.339 e. The number of rotatable bonds is 5. The van der Waals surface area contributed by atoms with Crippen LogP contribution >= 0.6 is 0 Å². The molecule has 1 amide bonds. The van der Waals surface area contributed by atoms with Gasteiger partial charge in [-0.3, -0.25) is 4.79 Å². The van der Waals surface area contributed by atoms with Gasteiger partial charge in [0, 0.05) is 13.0 Å². The molecule has 0 radical (unpaired) electrons. The lowest BCUT2D eigenvalue weighted by Gasteiger charge is -2.23. The Balaban J connectivity index is 1.39. The highest BCUT2D eigenvalue weighted by molar-refractivity contribution is 5.82. The van der Waals surface area contributed by atoms with E-state index in [9.17, 15) is 10.1 Å². The molecule has 4 rings (SSSR count). The van der Waals surface area contributed by atoms with Crippen molar-refractivity contribution in [3.05, 3.63) is 59.2 Å². The van der Waals surface area contributed by atoms with Crippen molar-refractivity contribution in [3.63, 3.8) is 0 Å². The number of amides is 1. The predicted octanol–water partition coefficient (Wildman–Crippen LogP) is 2.69. The Labute approximate surface area is 172 Å². The Morgan fingerprint density at radius 1 is 1.10 bits per heavy atom. The summed E-state index contributed by atoms with van der Waals surface area (Å²) in [5.74, 6) is -0.0589. The van der Waals surface area contributed by atoms with Crippen LogP contribution in [0.15, 0.2) is 42.5 Å². The van der Waals surface area contributed by atoms with Crippen molar-refractivity contribution in [1.29, 1.82) is 5.26 Å². The van der Waals surface area contributed by atoms with Gasteiger partial charge < -0.3 is 16.0 Å². The fourth-order valence-corrected chi connectivity index (χ4v) is 4.20. The highest BCUT2D eigenvalue weighted by atomic mass is 16.2. The number of piperidine rings is 1. The monoisotopic (exact) mass is 388 g/mol. The molecule has 5 nitrogen and oxygen atoms in total. The average molecular weight is 389 g/mol. The van der Waals surface area contributed by atoms with E-state index in [4.69, 9.17) is 0 Å². The summed E-state index contributed by atoms with van der Waals surface area (Å²) in [5.41, 5.74) is 6.27. The smallest absolute Gasteiger partial charge is 0.238 e. The van der Waals surface area contributed by atoms with Crippen LogP contribution in [-0.4, -0.2) is 31.1 Å². The molecule has 2 aromatic rings. The molecule has 0 aromatic heterocycles. The van der Waals surface area contributed by atoms with Crippen molar-refractivity contribution >= 4 is 5.91 Å². The summed E-state index contributed by atoms with van der Waals surface area (Å²) in [4.78, 5) is 12.4. The number of hydrogen-bond acceptors (Lipinski definition) is 4. The second kappa shape index (κ2) is 9.21. The van der Waals surface area contributed by atoms with Crippen molar-refractivity contribution in [3.8, 4) is 17.2 Å². The van der Waals surface area contributed by atoms with Crippen LogP contribution in [0, 0.1) is 11.3 Å². The summed E-state index contributed by atoms with van der Waals surface area (Å²) in [6.45, 7) is 2.86. The van der Waals surface area contributed by atoms with Crippen molar-refractivity contribution in [2.45, 2.75) is 50.7 Å². The SMILES string of the molecule is N#C[C@H](Cc1ccc(-c2ccc3c(c2)CCNC3)cc1)NC(=O)[C@@H]1CCCCN1. The average Bonchev–Trinajstić information content (AvgIpc) is 2.79. The molecule has 0 saturated carbocycles. The maximum atomic E-state index is 12.4. The molecule has 0 aliphatic carbocycles. The highest BCUT2D eigenvalue weighted by Gasteiger charge is 2.23. The lowest BCUT2D eigenvalue weighted by atomic mass is 9.94. The molecule has 0 spiro atoms. The van der Waals surface area contributed by atoms with Crippen molar-refractivity contribution < 1.29 is 4.79 Å². The molecule has 5 heteroatoms. The third kappa shape index (κ3) is 4.84. The van der Waals surface area contributed by atoms with Gasteiger partial charge in [0.05, 0.1) is 12.1 Å². The van der Waals surface area contributed by atoms with Crippen molar-refractivity contribution in [2.24, 2.45) is 0 Å². The van der Waals surface area contributed by atoms with E-state index in [1.807, 2.05) is 0 Å². The van der Waals surface area contributed by atoms with Crippen LogP contribution in [0.25, 0.3) is 11.1 Å². The molecule has 0 unspecified atom stereocenters. The molecule has 29 heavy (non-hydrogen) atoms. The van der Waals surface area contributed by atoms with E-state index in [1.54, 1.807) is 0 Å². The van der Waals surface area contributed by atoms with Gasteiger partial charge in [0.15, 0.2) is 0 Å². The molecule has 2 heterocycles. The topological polar surface area (TPSA) is 77.0 Å². The quantitative estimate of drug-likeness (QED) is 0.736. The van der Waals surface area contributed by atoms with Crippen LogP contribution in [0.1, 0.15) is 36.0 Å². The van der Waals surface area contributed by atoms with E-state index in [-0.39, 0.29) is 11.9 Å². The van der Waals surface area contributed by atoms with Crippen LogP contribution in [-0.2, 0) is 24.2 Å². The van der Waals surface area contributed by atoms with Gasteiger partial charge in [-0.1, -0.05) is 48.9 Å². The Morgan fingerprint density at radius 3 is 2.69 bits per heavy atom. The molecule has 0 bridgehead atoms. The Morgan fingerprint density at radius 2 is 1.93 bits per heavy atom. The van der Waals surface area contributed by atoms with E-state index >= 15 is 0 Å². The summed E-state index contributed by atoms with van der Waals surface area (Å²) >= 11 is 0. The van der Waals surface area contributed by atoms with Gasteiger partial charge in [-0.25, -0.2) is 0 Å². The second-order valence-electron chi connectivity index (χ2n) is 8.00. The first-order chi connectivity index (χ1) is 14.2. The van der Waals surface area contributed by atoms with E-state index < -0.39 is 6.04 Å². The molecule has 2 aliphatic heterocycles. The number of carbonyl (C=O) groups excluding carboxylic acids is 1. The minimum atomic E-state index is -0.506. The van der Waals surface area contributed by atoms with Crippen molar-refractivity contribution in [2.75, 3.05) is 13.1 Å². The largest absolute Gasteiger partial charge is 0.339 e. The number of fused-ring (bicyclic) bond motifs is 1. The van der Waals surface area contributed by atoms with E-state index in [2.05, 4.69) is 64.5 Å². The number of nitriles is 1. The van der Waals surface area contributed by atoms with Gasteiger partial charge in [0.1, 0.15) is 6.04 Å². The summed E-state index contributed by atoms with van der Waals surface area (Å²) in [6, 6.07) is 16.6. The van der Waals surface area contributed by atoms with Crippen LogP contribution in [0.4, 0.5) is 0 Å². The summed E-state index contributed by atoms with van der Waals surface area (Å²) < 4.78 is 0. The van der Waals surface area contributed by atoms with Gasteiger partial charge >= 0.3 is 0 Å². The Kier molecular flexibility index (Phi) is 6.24. The fraction of sp³-hybridized carbons (Fsp3) is 0.417. The maximum absolute atomic E-state index is 12.4. The van der Waals surface area contributed by atoms with Crippen LogP contribution in [0.2, 0.25) is 0 Å². The zero-order valence-corrected chi connectivity index (χ0v) is 16.7. The standard InChI is InChI=1S/C24H28N4O/c25-15-22(28-24(29)23-3-1-2-11-27-23)13-17-4-6-18(7-5-17)19-8-9-21-16-26-12-10-20(21)14-19/h4-9,14,22-23,26-27H,1-3,10-13,16H2,(H,28,29)/t22-,23-/m0/s1. The molecule has 3 N–H and O–H groups in total. The number of nitrogens with one attached hydrogen (secondary N) is 3. The molecular weight excluding hydrogens is 360 g/mol. The number of carbonyl (C=O) groups is 1. The third-order valence-corrected chi connectivity index (χ3v) is 5.92. The molecule has 2 aliphatic rings. The molecule has 150 valence electrons. The molecule has 2 atom stereocenters.